The SMILES string of the molecule is CCNC(c1ccc(OC)cc1)c1cc(Br)ccc1Cl. The molecule has 0 heterocycles. The molecule has 0 aromatic heterocycles. The van der Waals surface area contributed by atoms with E-state index in [0.717, 1.165) is 32.9 Å². The molecule has 0 fully saturated rings. The molecule has 4 heteroatoms. The first-order valence-electron chi connectivity index (χ1n) is 6.48. The first kappa shape index (κ1) is 15.4. The fourth-order valence-electron chi connectivity index (χ4n) is 2.14. The van der Waals surface area contributed by atoms with Crippen LogP contribution in [-0.4, -0.2) is 13.7 Å². The summed E-state index contributed by atoms with van der Waals surface area (Å²) < 4.78 is 6.23. The van der Waals surface area contributed by atoms with Crippen molar-refractivity contribution in [3.8, 4) is 5.75 Å². The molecule has 0 aliphatic rings. The monoisotopic (exact) mass is 353 g/mol. The zero-order chi connectivity index (χ0) is 14.5. The largest absolute Gasteiger partial charge is 0.497 e. The van der Waals surface area contributed by atoms with Crippen LogP contribution in [0.3, 0.4) is 0 Å². The molecule has 2 nitrogen and oxygen atoms in total. The van der Waals surface area contributed by atoms with E-state index in [1.807, 2.05) is 24.3 Å². The van der Waals surface area contributed by atoms with Crippen molar-refractivity contribution >= 4 is 27.5 Å². The van der Waals surface area contributed by atoms with E-state index in [4.69, 9.17) is 16.3 Å². The third-order valence-electron chi connectivity index (χ3n) is 3.13. The summed E-state index contributed by atoms with van der Waals surface area (Å²) in [5.74, 6) is 0.851. The number of hydrogen-bond acceptors (Lipinski definition) is 2. The molecule has 2 rings (SSSR count). The molecular formula is C16H17BrClNO. The Kier molecular flexibility index (Phi) is 5.46. The minimum absolute atomic E-state index is 0.0657. The minimum Gasteiger partial charge on any atom is -0.497 e. The van der Waals surface area contributed by atoms with Gasteiger partial charge in [-0.3, -0.25) is 0 Å². The standard InChI is InChI=1S/C16H17BrClNO/c1-3-19-16(11-4-7-13(20-2)8-5-11)14-10-12(17)6-9-15(14)18/h4-10,16,19H,3H2,1-2H3. The summed E-state index contributed by atoms with van der Waals surface area (Å²) in [5, 5.41) is 4.23. The molecule has 0 amide bonds. The lowest BCUT2D eigenvalue weighted by molar-refractivity contribution is 0.414. The second-order valence-corrected chi connectivity index (χ2v) is 5.75. The van der Waals surface area contributed by atoms with Gasteiger partial charge in [-0.2, -0.15) is 0 Å². The van der Waals surface area contributed by atoms with Gasteiger partial charge in [0.2, 0.25) is 0 Å². The highest BCUT2D eigenvalue weighted by Gasteiger charge is 2.16. The lowest BCUT2D eigenvalue weighted by Gasteiger charge is -2.20. The highest BCUT2D eigenvalue weighted by molar-refractivity contribution is 9.10. The number of hydrogen-bond donors (Lipinski definition) is 1. The van der Waals surface area contributed by atoms with Crippen molar-refractivity contribution in [2.75, 3.05) is 13.7 Å². The number of rotatable bonds is 5. The first-order valence-corrected chi connectivity index (χ1v) is 7.65. The van der Waals surface area contributed by atoms with E-state index in [9.17, 15) is 0 Å². The third-order valence-corrected chi connectivity index (χ3v) is 3.96. The van der Waals surface area contributed by atoms with E-state index < -0.39 is 0 Å². The van der Waals surface area contributed by atoms with Crippen LogP contribution in [0.1, 0.15) is 24.1 Å². The summed E-state index contributed by atoms with van der Waals surface area (Å²) in [6.07, 6.45) is 0. The fraction of sp³-hybridized carbons (Fsp3) is 0.250. The van der Waals surface area contributed by atoms with E-state index >= 15 is 0 Å². The Hall–Kier alpha value is -1.03. The summed E-state index contributed by atoms with van der Waals surface area (Å²) in [5.41, 5.74) is 2.22. The maximum atomic E-state index is 6.35. The highest BCUT2D eigenvalue weighted by atomic mass is 79.9. The van der Waals surface area contributed by atoms with Crippen LogP contribution in [0.5, 0.6) is 5.75 Å². The van der Waals surface area contributed by atoms with Gasteiger partial charge in [0.15, 0.2) is 0 Å². The van der Waals surface area contributed by atoms with Crippen molar-refractivity contribution in [1.82, 2.24) is 5.32 Å². The van der Waals surface area contributed by atoms with Crippen molar-refractivity contribution in [3.63, 3.8) is 0 Å². The molecule has 0 radical (unpaired) electrons. The molecule has 0 saturated carbocycles. The smallest absolute Gasteiger partial charge is 0.118 e. The second kappa shape index (κ2) is 7.11. The molecule has 0 aliphatic carbocycles. The number of methoxy groups -OCH3 is 1. The average Bonchev–Trinajstić information content (AvgIpc) is 2.48. The van der Waals surface area contributed by atoms with Gasteiger partial charge >= 0.3 is 0 Å². The molecule has 2 aromatic carbocycles. The zero-order valence-corrected chi connectivity index (χ0v) is 13.8. The maximum Gasteiger partial charge on any atom is 0.118 e. The van der Waals surface area contributed by atoms with Crippen LogP contribution in [0.15, 0.2) is 46.9 Å². The summed E-state index contributed by atoms with van der Waals surface area (Å²) in [4.78, 5) is 0. The Morgan fingerprint density at radius 3 is 2.50 bits per heavy atom. The molecule has 1 N–H and O–H groups in total. The lowest BCUT2D eigenvalue weighted by Crippen LogP contribution is -2.22. The number of halogens is 2. The van der Waals surface area contributed by atoms with Crippen molar-refractivity contribution in [3.05, 3.63) is 63.1 Å². The average molecular weight is 355 g/mol. The predicted octanol–water partition coefficient (Wildman–Crippen LogP) is 4.81. The molecular weight excluding hydrogens is 338 g/mol. The summed E-state index contributed by atoms with van der Waals surface area (Å²) in [7, 11) is 1.67. The Bertz CT molecular complexity index is 571. The second-order valence-electron chi connectivity index (χ2n) is 4.43. The predicted molar refractivity (Wildman–Crippen MR) is 87.7 cm³/mol. The highest BCUT2D eigenvalue weighted by Crippen LogP contribution is 2.31. The Labute approximate surface area is 133 Å². The van der Waals surface area contributed by atoms with E-state index in [2.05, 4.69) is 46.4 Å². The van der Waals surface area contributed by atoms with Crippen LogP contribution in [0.4, 0.5) is 0 Å². The normalized spacial score (nSPS) is 12.2. The molecule has 0 saturated heterocycles. The van der Waals surface area contributed by atoms with Gasteiger partial charge in [-0.15, -0.1) is 0 Å². The molecule has 0 bridgehead atoms. The minimum atomic E-state index is 0.0657. The molecule has 1 unspecified atom stereocenters. The van der Waals surface area contributed by atoms with Gasteiger partial charge in [0.25, 0.3) is 0 Å². The van der Waals surface area contributed by atoms with Gasteiger partial charge in [-0.05, 0) is 48.0 Å². The van der Waals surface area contributed by atoms with Crippen molar-refractivity contribution in [1.29, 1.82) is 0 Å². The third kappa shape index (κ3) is 3.54. The number of ether oxygens (including phenoxy) is 1. The van der Waals surface area contributed by atoms with E-state index in [1.54, 1.807) is 7.11 Å². The van der Waals surface area contributed by atoms with Crippen molar-refractivity contribution in [2.24, 2.45) is 0 Å². The molecule has 1 atom stereocenters. The molecule has 0 spiro atoms. The quantitative estimate of drug-likeness (QED) is 0.832. The van der Waals surface area contributed by atoms with Crippen LogP contribution in [0, 0.1) is 0 Å². The number of benzene rings is 2. The Morgan fingerprint density at radius 2 is 1.90 bits per heavy atom. The Morgan fingerprint density at radius 1 is 1.20 bits per heavy atom. The summed E-state index contributed by atoms with van der Waals surface area (Å²) >= 11 is 9.85. The van der Waals surface area contributed by atoms with Gasteiger partial charge in [0.05, 0.1) is 13.2 Å². The van der Waals surface area contributed by atoms with Gasteiger partial charge in [0, 0.05) is 9.50 Å². The topological polar surface area (TPSA) is 21.3 Å². The summed E-state index contributed by atoms with van der Waals surface area (Å²) in [6.45, 7) is 2.95. The van der Waals surface area contributed by atoms with E-state index in [0.29, 0.717) is 0 Å². The van der Waals surface area contributed by atoms with Crippen LogP contribution in [-0.2, 0) is 0 Å². The van der Waals surface area contributed by atoms with Crippen LogP contribution in [0.25, 0.3) is 0 Å². The zero-order valence-electron chi connectivity index (χ0n) is 11.5. The molecule has 0 aliphatic heterocycles. The van der Waals surface area contributed by atoms with Crippen LogP contribution >= 0.6 is 27.5 Å². The van der Waals surface area contributed by atoms with E-state index in [-0.39, 0.29) is 6.04 Å². The summed E-state index contributed by atoms with van der Waals surface area (Å²) in [6, 6.07) is 14.0. The lowest BCUT2D eigenvalue weighted by atomic mass is 9.98. The van der Waals surface area contributed by atoms with Crippen LogP contribution < -0.4 is 10.1 Å². The van der Waals surface area contributed by atoms with Crippen LogP contribution in [0.2, 0.25) is 5.02 Å². The van der Waals surface area contributed by atoms with Crippen molar-refractivity contribution < 1.29 is 4.74 Å². The van der Waals surface area contributed by atoms with Crippen molar-refractivity contribution in [2.45, 2.75) is 13.0 Å². The Balaban J connectivity index is 2.41. The van der Waals surface area contributed by atoms with Gasteiger partial charge in [0.1, 0.15) is 5.75 Å². The van der Waals surface area contributed by atoms with Gasteiger partial charge in [-0.1, -0.05) is 46.6 Å². The first-order chi connectivity index (χ1) is 9.65. The number of nitrogens with one attached hydrogen (secondary N) is 1. The van der Waals surface area contributed by atoms with Gasteiger partial charge < -0.3 is 10.1 Å². The van der Waals surface area contributed by atoms with Gasteiger partial charge in [-0.25, -0.2) is 0 Å². The van der Waals surface area contributed by atoms with E-state index in [1.165, 1.54) is 0 Å². The maximum absolute atomic E-state index is 6.35. The fourth-order valence-corrected chi connectivity index (χ4v) is 2.75. The molecule has 106 valence electrons. The molecule has 2 aromatic rings. The molecule has 20 heavy (non-hydrogen) atoms.